The van der Waals surface area contributed by atoms with Crippen molar-refractivity contribution in [2.24, 2.45) is 5.92 Å². The molecule has 3 rings (SSSR count). The van der Waals surface area contributed by atoms with E-state index < -0.39 is 0 Å². The number of methoxy groups -OCH3 is 1. The molecule has 2 aliphatic carbocycles. The lowest BCUT2D eigenvalue weighted by Gasteiger charge is -2.23. The van der Waals surface area contributed by atoms with Gasteiger partial charge in [0, 0.05) is 24.7 Å². The van der Waals surface area contributed by atoms with Crippen molar-refractivity contribution in [1.29, 1.82) is 5.26 Å². The molecule has 2 fully saturated rings. The van der Waals surface area contributed by atoms with Crippen LogP contribution < -0.4 is 4.74 Å². The smallest absolute Gasteiger partial charge is 0.123 e. The molecule has 3 heteroatoms. The first-order valence-corrected chi connectivity index (χ1v) is 7.11. The second-order valence-corrected chi connectivity index (χ2v) is 5.74. The maximum Gasteiger partial charge on any atom is 0.123 e. The molecule has 0 saturated heterocycles. The minimum Gasteiger partial charge on any atom is -0.496 e. The number of nitriles is 1. The molecule has 1 aromatic carbocycles. The summed E-state index contributed by atoms with van der Waals surface area (Å²) in [6, 6.07) is 8.69. The highest BCUT2D eigenvalue weighted by atomic mass is 16.5. The first kappa shape index (κ1) is 12.5. The van der Waals surface area contributed by atoms with E-state index in [1.54, 1.807) is 7.11 Å². The van der Waals surface area contributed by atoms with Crippen LogP contribution in [0.25, 0.3) is 0 Å². The summed E-state index contributed by atoms with van der Waals surface area (Å²) in [7, 11) is 1.70. The lowest BCUT2D eigenvalue weighted by molar-refractivity contribution is 0.240. The van der Waals surface area contributed by atoms with E-state index in [-0.39, 0.29) is 0 Å². The van der Waals surface area contributed by atoms with Gasteiger partial charge in [0.25, 0.3) is 0 Å². The van der Waals surface area contributed by atoms with Gasteiger partial charge in [-0.05, 0) is 49.8 Å². The first-order chi connectivity index (χ1) is 9.30. The molecule has 0 unspecified atom stereocenters. The maximum absolute atomic E-state index is 9.03. The van der Waals surface area contributed by atoms with E-state index in [0.29, 0.717) is 0 Å². The largest absolute Gasteiger partial charge is 0.496 e. The molecule has 2 saturated carbocycles. The Labute approximate surface area is 114 Å². The third kappa shape index (κ3) is 3.08. The van der Waals surface area contributed by atoms with Crippen molar-refractivity contribution < 1.29 is 4.74 Å². The van der Waals surface area contributed by atoms with Gasteiger partial charge in [-0.1, -0.05) is 0 Å². The Kier molecular flexibility index (Phi) is 3.44. The quantitative estimate of drug-likeness (QED) is 0.785. The fourth-order valence-electron chi connectivity index (χ4n) is 2.60. The van der Waals surface area contributed by atoms with Gasteiger partial charge in [-0.3, -0.25) is 4.90 Å². The molecule has 3 nitrogen and oxygen atoms in total. The van der Waals surface area contributed by atoms with Gasteiger partial charge in [-0.15, -0.1) is 0 Å². The highest BCUT2D eigenvalue weighted by Crippen LogP contribution is 2.36. The summed E-state index contributed by atoms with van der Waals surface area (Å²) >= 11 is 0. The van der Waals surface area contributed by atoms with Crippen LogP contribution in [0.15, 0.2) is 18.2 Å². The van der Waals surface area contributed by atoms with E-state index in [1.165, 1.54) is 32.2 Å². The third-order valence-corrected chi connectivity index (χ3v) is 4.04. The van der Waals surface area contributed by atoms with Crippen molar-refractivity contribution in [2.75, 3.05) is 13.7 Å². The van der Waals surface area contributed by atoms with Crippen LogP contribution in [0.3, 0.4) is 0 Å². The van der Waals surface area contributed by atoms with Crippen LogP contribution in [0.5, 0.6) is 5.75 Å². The Morgan fingerprint density at radius 3 is 2.68 bits per heavy atom. The van der Waals surface area contributed by atoms with Crippen LogP contribution in [-0.4, -0.2) is 24.6 Å². The van der Waals surface area contributed by atoms with Crippen molar-refractivity contribution in [3.05, 3.63) is 29.3 Å². The second-order valence-electron chi connectivity index (χ2n) is 5.74. The standard InChI is InChI=1S/C16H20N2O/c1-19-16-7-4-13(9-17)8-14(16)11-18(15-5-6-15)10-12-2-3-12/h4,7-8,12,15H,2-3,5-6,10-11H2,1H3. The van der Waals surface area contributed by atoms with Crippen LogP contribution >= 0.6 is 0 Å². The van der Waals surface area contributed by atoms with Crippen molar-refractivity contribution in [1.82, 2.24) is 4.90 Å². The molecule has 0 radical (unpaired) electrons. The molecular formula is C16H20N2O. The average Bonchev–Trinajstić information content (AvgIpc) is 3.29. The predicted molar refractivity (Wildman–Crippen MR) is 73.9 cm³/mol. The molecule has 19 heavy (non-hydrogen) atoms. The van der Waals surface area contributed by atoms with E-state index in [2.05, 4.69) is 11.0 Å². The molecule has 2 aliphatic rings. The minimum absolute atomic E-state index is 0.720. The summed E-state index contributed by atoms with van der Waals surface area (Å²) in [6.07, 6.45) is 5.43. The van der Waals surface area contributed by atoms with Gasteiger partial charge in [0.15, 0.2) is 0 Å². The van der Waals surface area contributed by atoms with E-state index in [4.69, 9.17) is 10.00 Å². The molecular weight excluding hydrogens is 236 g/mol. The summed E-state index contributed by atoms with van der Waals surface area (Å²) in [4.78, 5) is 2.58. The molecule has 0 heterocycles. The Balaban J connectivity index is 1.77. The van der Waals surface area contributed by atoms with Gasteiger partial charge in [0.2, 0.25) is 0 Å². The zero-order chi connectivity index (χ0) is 13.2. The van der Waals surface area contributed by atoms with Crippen LogP contribution in [-0.2, 0) is 6.54 Å². The van der Waals surface area contributed by atoms with Crippen molar-refractivity contribution >= 4 is 0 Å². The zero-order valence-corrected chi connectivity index (χ0v) is 11.4. The van der Waals surface area contributed by atoms with Crippen molar-refractivity contribution in [3.8, 4) is 11.8 Å². The molecule has 0 aliphatic heterocycles. The van der Waals surface area contributed by atoms with Crippen molar-refractivity contribution in [2.45, 2.75) is 38.3 Å². The third-order valence-electron chi connectivity index (χ3n) is 4.04. The average molecular weight is 256 g/mol. The summed E-state index contributed by atoms with van der Waals surface area (Å²) in [6.45, 7) is 2.13. The lowest BCUT2D eigenvalue weighted by atomic mass is 10.1. The highest BCUT2D eigenvalue weighted by Gasteiger charge is 2.33. The molecule has 0 aromatic heterocycles. The predicted octanol–water partition coefficient (Wildman–Crippen LogP) is 2.94. The van der Waals surface area contributed by atoms with Gasteiger partial charge < -0.3 is 4.74 Å². The Hall–Kier alpha value is -1.53. The molecule has 0 spiro atoms. The normalized spacial score (nSPS) is 18.4. The van der Waals surface area contributed by atoms with Gasteiger partial charge in [0.1, 0.15) is 5.75 Å². The van der Waals surface area contributed by atoms with Gasteiger partial charge in [-0.2, -0.15) is 5.26 Å². The molecule has 0 amide bonds. The summed E-state index contributed by atoms with van der Waals surface area (Å²) in [5, 5.41) is 9.03. The maximum atomic E-state index is 9.03. The van der Waals surface area contributed by atoms with Crippen LogP contribution in [0.4, 0.5) is 0 Å². The van der Waals surface area contributed by atoms with Gasteiger partial charge in [0.05, 0.1) is 18.7 Å². The summed E-state index contributed by atoms with van der Waals surface area (Å²) in [5.74, 6) is 1.81. The van der Waals surface area contributed by atoms with Crippen LogP contribution in [0, 0.1) is 17.2 Å². The molecule has 0 N–H and O–H groups in total. The fraction of sp³-hybridized carbons (Fsp3) is 0.562. The molecule has 100 valence electrons. The topological polar surface area (TPSA) is 36.3 Å². The Morgan fingerprint density at radius 1 is 1.32 bits per heavy atom. The van der Waals surface area contributed by atoms with E-state index >= 15 is 0 Å². The van der Waals surface area contributed by atoms with Crippen LogP contribution in [0.2, 0.25) is 0 Å². The fourth-order valence-corrected chi connectivity index (χ4v) is 2.60. The van der Waals surface area contributed by atoms with Gasteiger partial charge in [-0.25, -0.2) is 0 Å². The zero-order valence-electron chi connectivity index (χ0n) is 11.4. The second kappa shape index (κ2) is 5.22. The number of benzene rings is 1. The van der Waals surface area contributed by atoms with E-state index in [0.717, 1.165) is 35.4 Å². The monoisotopic (exact) mass is 256 g/mol. The molecule has 1 aromatic rings. The summed E-state index contributed by atoms with van der Waals surface area (Å²) < 4.78 is 5.43. The SMILES string of the molecule is COc1ccc(C#N)cc1CN(CC1CC1)C1CC1. The number of nitrogens with zero attached hydrogens (tertiary/aromatic N) is 2. The number of hydrogen-bond donors (Lipinski definition) is 0. The number of ether oxygens (including phenoxy) is 1. The number of rotatable bonds is 6. The van der Waals surface area contributed by atoms with Crippen LogP contribution in [0.1, 0.15) is 36.8 Å². The summed E-state index contributed by atoms with van der Waals surface area (Å²) in [5.41, 5.74) is 1.87. The highest BCUT2D eigenvalue weighted by molar-refractivity contribution is 5.42. The minimum atomic E-state index is 0.720. The number of hydrogen-bond acceptors (Lipinski definition) is 3. The molecule has 0 bridgehead atoms. The Morgan fingerprint density at radius 2 is 2.11 bits per heavy atom. The van der Waals surface area contributed by atoms with E-state index in [1.807, 2.05) is 18.2 Å². The van der Waals surface area contributed by atoms with E-state index in [9.17, 15) is 0 Å². The molecule has 0 atom stereocenters. The Bertz CT molecular complexity index is 498. The first-order valence-electron chi connectivity index (χ1n) is 7.11. The van der Waals surface area contributed by atoms with Gasteiger partial charge >= 0.3 is 0 Å². The van der Waals surface area contributed by atoms with Crippen molar-refractivity contribution in [3.63, 3.8) is 0 Å². The lowest BCUT2D eigenvalue weighted by Crippen LogP contribution is -2.28.